The molecule has 0 heterocycles. The number of ether oxygens (including phenoxy) is 1. The molecule has 1 aliphatic rings. The standard InChI is InChI=1S/C15H22O2/c16-11-9-14-5-7-15(8-6-14)17-12-10-13-3-1-2-4-13/h5-8,13,16H,1-4,9-12H2. The number of benzene rings is 1. The highest BCUT2D eigenvalue weighted by Crippen LogP contribution is 2.27. The first kappa shape index (κ1) is 12.4. The highest BCUT2D eigenvalue weighted by Gasteiger charge is 2.14. The van der Waals surface area contributed by atoms with Crippen LogP contribution in [-0.2, 0) is 6.42 Å². The first-order valence-corrected chi connectivity index (χ1v) is 6.71. The molecule has 1 aromatic rings. The van der Waals surface area contributed by atoms with Gasteiger partial charge in [0.1, 0.15) is 5.75 Å². The third kappa shape index (κ3) is 4.04. The molecule has 1 aliphatic carbocycles. The van der Waals surface area contributed by atoms with Crippen LogP contribution in [0.15, 0.2) is 24.3 Å². The van der Waals surface area contributed by atoms with Gasteiger partial charge in [0.05, 0.1) is 6.61 Å². The van der Waals surface area contributed by atoms with E-state index in [1.807, 2.05) is 24.3 Å². The van der Waals surface area contributed by atoms with Crippen molar-refractivity contribution in [2.75, 3.05) is 13.2 Å². The van der Waals surface area contributed by atoms with Gasteiger partial charge >= 0.3 is 0 Å². The normalized spacial score (nSPS) is 16.3. The van der Waals surface area contributed by atoms with E-state index in [1.54, 1.807) is 0 Å². The van der Waals surface area contributed by atoms with Crippen molar-refractivity contribution >= 4 is 0 Å². The first-order valence-electron chi connectivity index (χ1n) is 6.71. The van der Waals surface area contributed by atoms with Gasteiger partial charge in [-0.3, -0.25) is 0 Å². The summed E-state index contributed by atoms with van der Waals surface area (Å²) in [4.78, 5) is 0. The van der Waals surface area contributed by atoms with Gasteiger partial charge in [-0.25, -0.2) is 0 Å². The van der Waals surface area contributed by atoms with E-state index in [4.69, 9.17) is 9.84 Å². The number of hydrogen-bond donors (Lipinski definition) is 1. The molecule has 0 atom stereocenters. The second-order valence-corrected chi connectivity index (χ2v) is 4.91. The summed E-state index contributed by atoms with van der Waals surface area (Å²) in [7, 11) is 0. The molecule has 0 amide bonds. The van der Waals surface area contributed by atoms with Gasteiger partial charge in [0.25, 0.3) is 0 Å². The van der Waals surface area contributed by atoms with Crippen LogP contribution in [0.5, 0.6) is 5.75 Å². The molecule has 0 bridgehead atoms. The van der Waals surface area contributed by atoms with E-state index in [-0.39, 0.29) is 6.61 Å². The lowest BCUT2D eigenvalue weighted by Gasteiger charge is -2.10. The topological polar surface area (TPSA) is 29.5 Å². The SMILES string of the molecule is OCCc1ccc(OCCC2CCCC2)cc1. The van der Waals surface area contributed by atoms with Gasteiger partial charge in [-0.15, -0.1) is 0 Å². The Labute approximate surface area is 104 Å². The van der Waals surface area contributed by atoms with Crippen LogP contribution < -0.4 is 4.74 Å². The zero-order valence-electron chi connectivity index (χ0n) is 10.4. The highest BCUT2D eigenvalue weighted by molar-refractivity contribution is 5.27. The maximum Gasteiger partial charge on any atom is 0.119 e. The second-order valence-electron chi connectivity index (χ2n) is 4.91. The fourth-order valence-electron chi connectivity index (χ4n) is 2.52. The minimum atomic E-state index is 0.210. The Bertz CT molecular complexity index is 312. The Hall–Kier alpha value is -1.02. The molecule has 2 heteroatoms. The van der Waals surface area contributed by atoms with Crippen LogP contribution in [0.25, 0.3) is 0 Å². The molecule has 0 unspecified atom stereocenters. The lowest BCUT2D eigenvalue weighted by molar-refractivity contribution is 0.279. The minimum absolute atomic E-state index is 0.210. The van der Waals surface area contributed by atoms with E-state index >= 15 is 0 Å². The molecule has 1 saturated carbocycles. The summed E-state index contributed by atoms with van der Waals surface area (Å²) in [6.45, 7) is 1.05. The van der Waals surface area contributed by atoms with Crippen molar-refractivity contribution in [2.45, 2.75) is 38.5 Å². The highest BCUT2D eigenvalue weighted by atomic mass is 16.5. The van der Waals surface area contributed by atoms with E-state index < -0.39 is 0 Å². The van der Waals surface area contributed by atoms with E-state index in [0.29, 0.717) is 0 Å². The average Bonchev–Trinajstić information content (AvgIpc) is 2.85. The first-order chi connectivity index (χ1) is 8.38. The molecule has 94 valence electrons. The number of rotatable bonds is 6. The van der Waals surface area contributed by atoms with Gasteiger partial charge in [-0.2, -0.15) is 0 Å². The Morgan fingerprint density at radius 2 is 1.82 bits per heavy atom. The third-order valence-electron chi connectivity index (χ3n) is 3.59. The van der Waals surface area contributed by atoms with Crippen molar-refractivity contribution < 1.29 is 9.84 Å². The number of aliphatic hydroxyl groups is 1. The van der Waals surface area contributed by atoms with Crippen LogP contribution in [0.2, 0.25) is 0 Å². The summed E-state index contributed by atoms with van der Waals surface area (Å²) >= 11 is 0. The molecule has 0 saturated heterocycles. The maximum atomic E-state index is 8.82. The fourth-order valence-corrected chi connectivity index (χ4v) is 2.52. The quantitative estimate of drug-likeness (QED) is 0.819. The van der Waals surface area contributed by atoms with Crippen molar-refractivity contribution in [1.29, 1.82) is 0 Å². The molecule has 1 aromatic carbocycles. The molecule has 0 radical (unpaired) electrons. The van der Waals surface area contributed by atoms with Gasteiger partial charge in [-0.1, -0.05) is 37.8 Å². The van der Waals surface area contributed by atoms with E-state index in [0.717, 1.165) is 30.3 Å². The fraction of sp³-hybridized carbons (Fsp3) is 0.600. The Morgan fingerprint density at radius 3 is 2.47 bits per heavy atom. The lowest BCUT2D eigenvalue weighted by atomic mass is 10.1. The Kier molecular flexibility index (Phi) is 4.87. The molecule has 1 N–H and O–H groups in total. The maximum absolute atomic E-state index is 8.82. The monoisotopic (exact) mass is 234 g/mol. The van der Waals surface area contributed by atoms with Crippen molar-refractivity contribution in [3.8, 4) is 5.75 Å². The predicted octanol–water partition coefficient (Wildman–Crippen LogP) is 3.18. The summed E-state index contributed by atoms with van der Waals surface area (Å²) in [5.74, 6) is 1.84. The molecule has 2 rings (SSSR count). The minimum Gasteiger partial charge on any atom is -0.494 e. The van der Waals surface area contributed by atoms with Crippen LogP contribution in [0.1, 0.15) is 37.7 Å². The van der Waals surface area contributed by atoms with Crippen molar-refractivity contribution in [2.24, 2.45) is 5.92 Å². The van der Waals surface area contributed by atoms with Crippen LogP contribution >= 0.6 is 0 Å². The number of hydrogen-bond acceptors (Lipinski definition) is 2. The van der Waals surface area contributed by atoms with Crippen LogP contribution in [0, 0.1) is 5.92 Å². The molecule has 0 aromatic heterocycles. The summed E-state index contributed by atoms with van der Waals surface area (Å²) in [5.41, 5.74) is 1.16. The van der Waals surface area contributed by atoms with E-state index in [1.165, 1.54) is 32.1 Å². The predicted molar refractivity (Wildman–Crippen MR) is 69.3 cm³/mol. The summed E-state index contributed by atoms with van der Waals surface area (Å²) in [5, 5.41) is 8.82. The van der Waals surface area contributed by atoms with Gasteiger partial charge < -0.3 is 9.84 Å². The van der Waals surface area contributed by atoms with Crippen molar-refractivity contribution in [3.63, 3.8) is 0 Å². The molecule has 1 fully saturated rings. The van der Waals surface area contributed by atoms with Crippen LogP contribution in [0.4, 0.5) is 0 Å². The van der Waals surface area contributed by atoms with Gasteiger partial charge in [0.15, 0.2) is 0 Å². The third-order valence-corrected chi connectivity index (χ3v) is 3.59. The van der Waals surface area contributed by atoms with Gasteiger partial charge in [0.2, 0.25) is 0 Å². The van der Waals surface area contributed by atoms with E-state index in [2.05, 4.69) is 0 Å². The molecule has 2 nitrogen and oxygen atoms in total. The molecule has 0 aliphatic heterocycles. The molecule has 17 heavy (non-hydrogen) atoms. The van der Waals surface area contributed by atoms with Crippen LogP contribution in [0.3, 0.4) is 0 Å². The zero-order valence-corrected chi connectivity index (χ0v) is 10.4. The smallest absolute Gasteiger partial charge is 0.119 e. The van der Waals surface area contributed by atoms with E-state index in [9.17, 15) is 0 Å². The molecular weight excluding hydrogens is 212 g/mol. The molecular formula is C15H22O2. The Balaban J connectivity index is 1.70. The van der Waals surface area contributed by atoms with Crippen molar-refractivity contribution in [3.05, 3.63) is 29.8 Å². The van der Waals surface area contributed by atoms with Gasteiger partial charge in [0, 0.05) is 6.61 Å². The second kappa shape index (κ2) is 6.65. The van der Waals surface area contributed by atoms with Gasteiger partial charge in [-0.05, 0) is 36.5 Å². The summed E-state index contributed by atoms with van der Waals surface area (Å²) in [6, 6.07) is 8.06. The summed E-state index contributed by atoms with van der Waals surface area (Å²) < 4.78 is 5.74. The average molecular weight is 234 g/mol. The Morgan fingerprint density at radius 1 is 1.12 bits per heavy atom. The largest absolute Gasteiger partial charge is 0.494 e. The van der Waals surface area contributed by atoms with Crippen molar-refractivity contribution in [1.82, 2.24) is 0 Å². The molecule has 0 spiro atoms. The summed E-state index contributed by atoms with van der Waals surface area (Å²) in [6.07, 6.45) is 7.50. The van der Waals surface area contributed by atoms with Crippen LogP contribution in [-0.4, -0.2) is 18.3 Å². The lowest BCUT2D eigenvalue weighted by Crippen LogP contribution is -2.03. The number of aliphatic hydroxyl groups excluding tert-OH is 1. The zero-order chi connectivity index (χ0) is 11.9.